The monoisotopic (exact) mass is 259 g/mol. The molecular formula is C15H17NO3. The Kier molecular flexibility index (Phi) is 4.36. The van der Waals surface area contributed by atoms with Crippen LogP contribution in [0.25, 0.3) is 10.8 Å². The topological polar surface area (TPSA) is 69.6 Å². The summed E-state index contributed by atoms with van der Waals surface area (Å²) in [5, 5.41) is 22.8. The van der Waals surface area contributed by atoms with Gasteiger partial charge in [0.2, 0.25) is 0 Å². The lowest BCUT2D eigenvalue weighted by atomic mass is 10.0. The quantitative estimate of drug-likeness (QED) is 0.698. The summed E-state index contributed by atoms with van der Waals surface area (Å²) in [5.41, 5.74) is 1.25. The molecule has 2 aromatic carbocycles. The predicted octanol–water partition coefficient (Wildman–Crippen LogP) is 2.72. The summed E-state index contributed by atoms with van der Waals surface area (Å²) in [7, 11) is 0. The van der Waals surface area contributed by atoms with Crippen LogP contribution in [-0.4, -0.2) is 29.3 Å². The molecule has 0 bridgehead atoms. The fourth-order valence-electron chi connectivity index (χ4n) is 2.10. The van der Waals surface area contributed by atoms with Gasteiger partial charge in [0.1, 0.15) is 0 Å². The number of aliphatic hydroxyl groups is 1. The normalized spacial score (nSPS) is 10.6. The van der Waals surface area contributed by atoms with Gasteiger partial charge in [-0.2, -0.15) is 0 Å². The first-order chi connectivity index (χ1) is 9.24. The van der Waals surface area contributed by atoms with Crippen LogP contribution in [-0.2, 0) is 0 Å². The summed E-state index contributed by atoms with van der Waals surface area (Å²) in [6.07, 6.45) is 1.64. The number of hydrogen-bond donors (Lipinski definition) is 3. The van der Waals surface area contributed by atoms with Crippen LogP contribution in [0, 0.1) is 0 Å². The number of carboxylic acid groups (broad SMARTS) is 1. The molecule has 0 aromatic heterocycles. The molecule has 19 heavy (non-hydrogen) atoms. The summed E-state index contributed by atoms with van der Waals surface area (Å²) in [6, 6.07) is 10.9. The fourth-order valence-corrected chi connectivity index (χ4v) is 2.10. The van der Waals surface area contributed by atoms with E-state index < -0.39 is 5.97 Å². The Morgan fingerprint density at radius 1 is 1.05 bits per heavy atom. The number of nitrogens with one attached hydrogen (secondary N) is 1. The Morgan fingerprint density at radius 2 is 1.79 bits per heavy atom. The van der Waals surface area contributed by atoms with Crippen LogP contribution < -0.4 is 5.32 Å². The third kappa shape index (κ3) is 3.03. The van der Waals surface area contributed by atoms with E-state index in [-0.39, 0.29) is 6.61 Å². The number of unbranched alkanes of at least 4 members (excludes halogenated alkanes) is 1. The van der Waals surface area contributed by atoms with Crippen LogP contribution in [0.5, 0.6) is 0 Å². The van der Waals surface area contributed by atoms with E-state index in [0.717, 1.165) is 35.8 Å². The van der Waals surface area contributed by atoms with E-state index in [1.807, 2.05) is 24.3 Å². The van der Waals surface area contributed by atoms with Crippen molar-refractivity contribution in [2.24, 2.45) is 0 Å². The van der Waals surface area contributed by atoms with Crippen molar-refractivity contribution >= 4 is 22.4 Å². The van der Waals surface area contributed by atoms with Crippen molar-refractivity contribution in [2.75, 3.05) is 18.5 Å². The van der Waals surface area contributed by atoms with Gasteiger partial charge in [-0.3, -0.25) is 0 Å². The summed E-state index contributed by atoms with van der Waals surface area (Å²) >= 11 is 0. The Hall–Kier alpha value is -2.07. The van der Waals surface area contributed by atoms with E-state index in [1.54, 1.807) is 12.1 Å². The lowest BCUT2D eigenvalue weighted by Gasteiger charge is -2.11. The van der Waals surface area contributed by atoms with E-state index in [1.165, 1.54) is 0 Å². The minimum Gasteiger partial charge on any atom is -0.478 e. The Labute approximate surface area is 111 Å². The van der Waals surface area contributed by atoms with Crippen LogP contribution in [0.3, 0.4) is 0 Å². The molecule has 0 atom stereocenters. The van der Waals surface area contributed by atoms with Crippen LogP contribution in [0.15, 0.2) is 36.4 Å². The van der Waals surface area contributed by atoms with Crippen LogP contribution in [0.4, 0.5) is 5.69 Å². The average Bonchev–Trinajstić information content (AvgIpc) is 2.43. The second-order valence-electron chi connectivity index (χ2n) is 4.37. The number of fused-ring (bicyclic) bond motifs is 1. The zero-order valence-corrected chi connectivity index (χ0v) is 10.6. The molecule has 0 aliphatic rings. The predicted molar refractivity (Wildman–Crippen MR) is 75.7 cm³/mol. The van der Waals surface area contributed by atoms with Gasteiger partial charge in [-0.25, -0.2) is 4.79 Å². The van der Waals surface area contributed by atoms with Gasteiger partial charge in [-0.1, -0.05) is 24.3 Å². The highest BCUT2D eigenvalue weighted by Crippen LogP contribution is 2.26. The van der Waals surface area contributed by atoms with E-state index >= 15 is 0 Å². The molecule has 3 N–H and O–H groups in total. The molecule has 2 rings (SSSR count). The number of anilines is 1. The molecule has 0 spiro atoms. The van der Waals surface area contributed by atoms with Gasteiger partial charge in [0, 0.05) is 24.2 Å². The first kappa shape index (κ1) is 13.4. The first-order valence-electron chi connectivity index (χ1n) is 6.34. The van der Waals surface area contributed by atoms with E-state index in [4.69, 9.17) is 5.11 Å². The second kappa shape index (κ2) is 6.20. The minimum absolute atomic E-state index is 0.195. The van der Waals surface area contributed by atoms with Gasteiger partial charge in [-0.15, -0.1) is 0 Å². The number of aromatic carboxylic acids is 1. The van der Waals surface area contributed by atoms with E-state index in [9.17, 15) is 9.90 Å². The van der Waals surface area contributed by atoms with Gasteiger partial charge in [0.05, 0.1) is 5.56 Å². The molecule has 0 radical (unpaired) electrons. The van der Waals surface area contributed by atoms with Gasteiger partial charge >= 0.3 is 5.97 Å². The molecule has 0 fully saturated rings. The number of carboxylic acids is 1. The lowest BCUT2D eigenvalue weighted by molar-refractivity contribution is 0.0699. The fraction of sp³-hybridized carbons (Fsp3) is 0.267. The van der Waals surface area contributed by atoms with Crippen molar-refractivity contribution in [3.63, 3.8) is 0 Å². The molecule has 0 heterocycles. The number of benzene rings is 2. The van der Waals surface area contributed by atoms with Crippen molar-refractivity contribution in [3.05, 3.63) is 42.0 Å². The summed E-state index contributed by atoms with van der Waals surface area (Å²) in [6.45, 7) is 0.956. The average molecular weight is 259 g/mol. The standard InChI is InChI=1S/C15H17NO3/c17-10-4-3-9-16-14-8-7-13(15(18)19)11-5-1-2-6-12(11)14/h1-2,5-8,16-17H,3-4,9-10H2,(H,18,19). The van der Waals surface area contributed by atoms with Gasteiger partial charge < -0.3 is 15.5 Å². The zero-order valence-electron chi connectivity index (χ0n) is 10.6. The first-order valence-corrected chi connectivity index (χ1v) is 6.34. The summed E-state index contributed by atoms with van der Waals surface area (Å²) < 4.78 is 0. The van der Waals surface area contributed by atoms with Gasteiger partial charge in [-0.05, 0) is 30.4 Å². The molecule has 0 unspecified atom stereocenters. The highest BCUT2D eigenvalue weighted by atomic mass is 16.4. The van der Waals surface area contributed by atoms with Crippen LogP contribution >= 0.6 is 0 Å². The minimum atomic E-state index is -0.914. The molecule has 0 aliphatic heterocycles. The molecule has 0 amide bonds. The van der Waals surface area contributed by atoms with E-state index in [0.29, 0.717) is 5.56 Å². The highest BCUT2D eigenvalue weighted by molar-refractivity contribution is 6.07. The lowest BCUT2D eigenvalue weighted by Crippen LogP contribution is -2.04. The van der Waals surface area contributed by atoms with E-state index in [2.05, 4.69) is 5.32 Å². The van der Waals surface area contributed by atoms with Crippen molar-refractivity contribution < 1.29 is 15.0 Å². The molecule has 0 saturated heterocycles. The van der Waals surface area contributed by atoms with Crippen molar-refractivity contribution in [2.45, 2.75) is 12.8 Å². The number of carbonyl (C=O) groups is 1. The van der Waals surface area contributed by atoms with Gasteiger partial charge in [0.25, 0.3) is 0 Å². The van der Waals surface area contributed by atoms with Gasteiger partial charge in [0.15, 0.2) is 0 Å². The number of hydrogen-bond acceptors (Lipinski definition) is 3. The Bertz CT molecular complexity index is 581. The zero-order chi connectivity index (χ0) is 13.7. The molecule has 100 valence electrons. The maximum absolute atomic E-state index is 11.2. The molecule has 0 aliphatic carbocycles. The van der Waals surface area contributed by atoms with Crippen molar-refractivity contribution in [3.8, 4) is 0 Å². The molecule has 2 aromatic rings. The van der Waals surface area contributed by atoms with Crippen LogP contribution in [0.1, 0.15) is 23.2 Å². The molecule has 0 saturated carbocycles. The maximum atomic E-state index is 11.2. The number of rotatable bonds is 6. The van der Waals surface area contributed by atoms with Crippen LogP contribution in [0.2, 0.25) is 0 Å². The SMILES string of the molecule is O=C(O)c1ccc(NCCCCO)c2ccccc12. The largest absolute Gasteiger partial charge is 0.478 e. The molecule has 4 nitrogen and oxygen atoms in total. The molecule has 4 heteroatoms. The second-order valence-corrected chi connectivity index (χ2v) is 4.37. The Balaban J connectivity index is 2.30. The third-order valence-electron chi connectivity index (χ3n) is 3.05. The maximum Gasteiger partial charge on any atom is 0.336 e. The van der Waals surface area contributed by atoms with Crippen molar-refractivity contribution in [1.29, 1.82) is 0 Å². The Morgan fingerprint density at radius 3 is 2.47 bits per heavy atom. The third-order valence-corrected chi connectivity index (χ3v) is 3.05. The van der Waals surface area contributed by atoms with Crippen molar-refractivity contribution in [1.82, 2.24) is 0 Å². The highest BCUT2D eigenvalue weighted by Gasteiger charge is 2.10. The smallest absolute Gasteiger partial charge is 0.336 e. The summed E-state index contributed by atoms with van der Waals surface area (Å²) in [4.78, 5) is 11.2. The summed E-state index contributed by atoms with van der Waals surface area (Å²) in [5.74, 6) is -0.914. The number of aliphatic hydroxyl groups excluding tert-OH is 1. The molecular weight excluding hydrogens is 242 g/mol.